The first-order valence-corrected chi connectivity index (χ1v) is 9.09. The van der Waals surface area contributed by atoms with Crippen LogP contribution in [0.25, 0.3) is 0 Å². The number of nitrogens with one attached hydrogen (secondary N) is 1. The summed E-state index contributed by atoms with van der Waals surface area (Å²) < 4.78 is 24.3. The van der Waals surface area contributed by atoms with Crippen LogP contribution in [0, 0.1) is 5.82 Å². The second-order valence-electron chi connectivity index (χ2n) is 6.73. The molecule has 0 bridgehead atoms. The lowest BCUT2D eigenvalue weighted by Gasteiger charge is -2.40. The number of hydrogen-bond acceptors (Lipinski definition) is 3. The lowest BCUT2D eigenvalue weighted by Crippen LogP contribution is -2.49. The molecule has 0 aromatic heterocycles. The highest BCUT2D eigenvalue weighted by molar-refractivity contribution is 6.32. The van der Waals surface area contributed by atoms with Gasteiger partial charge in [-0.2, -0.15) is 0 Å². The Morgan fingerprint density at radius 2 is 1.88 bits per heavy atom. The van der Waals surface area contributed by atoms with Gasteiger partial charge in [0.1, 0.15) is 19.0 Å². The molecule has 2 aromatic carbocycles. The molecule has 0 spiro atoms. The average Bonchev–Trinajstić information content (AvgIpc) is 2.61. The van der Waals surface area contributed by atoms with E-state index in [0.717, 1.165) is 30.4 Å². The number of carbonyl (C=O) groups excluding carboxylic acids is 1. The van der Waals surface area contributed by atoms with Crippen molar-refractivity contribution < 1.29 is 18.7 Å². The molecular formula is C20H19ClFNO3. The molecule has 0 radical (unpaired) electrons. The molecule has 136 valence electrons. The minimum atomic E-state index is -0.564. The van der Waals surface area contributed by atoms with E-state index in [0.29, 0.717) is 36.3 Å². The van der Waals surface area contributed by atoms with E-state index in [9.17, 15) is 9.18 Å². The highest BCUT2D eigenvalue weighted by atomic mass is 35.5. The minimum Gasteiger partial charge on any atom is -0.486 e. The van der Waals surface area contributed by atoms with E-state index >= 15 is 0 Å². The second kappa shape index (κ2) is 6.80. The predicted molar refractivity (Wildman–Crippen MR) is 96.2 cm³/mol. The maximum absolute atomic E-state index is 13.2. The monoisotopic (exact) mass is 375 g/mol. The molecule has 26 heavy (non-hydrogen) atoms. The van der Waals surface area contributed by atoms with Gasteiger partial charge in [-0.1, -0.05) is 30.2 Å². The first-order chi connectivity index (χ1) is 12.6. The maximum atomic E-state index is 13.2. The van der Waals surface area contributed by atoms with E-state index in [4.69, 9.17) is 21.1 Å². The summed E-state index contributed by atoms with van der Waals surface area (Å²) in [7, 11) is 0. The topological polar surface area (TPSA) is 47.6 Å². The summed E-state index contributed by atoms with van der Waals surface area (Å²) in [6, 6.07) is 9.84. The van der Waals surface area contributed by atoms with Crippen LogP contribution in [0.3, 0.4) is 0 Å². The summed E-state index contributed by atoms with van der Waals surface area (Å²) in [5, 5.41) is 3.48. The third-order valence-corrected chi connectivity index (χ3v) is 5.43. The van der Waals surface area contributed by atoms with Gasteiger partial charge in [0, 0.05) is 6.54 Å². The third-order valence-electron chi connectivity index (χ3n) is 5.15. The Labute approximate surface area is 156 Å². The molecule has 1 N–H and O–H groups in total. The van der Waals surface area contributed by atoms with E-state index in [2.05, 4.69) is 5.32 Å². The van der Waals surface area contributed by atoms with Crippen molar-refractivity contribution in [3.8, 4) is 11.5 Å². The predicted octanol–water partition coefficient (Wildman–Crippen LogP) is 3.99. The number of benzene rings is 2. The number of amides is 1. The van der Waals surface area contributed by atoms with Gasteiger partial charge < -0.3 is 14.8 Å². The van der Waals surface area contributed by atoms with Gasteiger partial charge in [0.05, 0.1) is 10.4 Å². The van der Waals surface area contributed by atoms with Gasteiger partial charge in [0.2, 0.25) is 5.91 Å². The average molecular weight is 376 g/mol. The molecule has 0 saturated heterocycles. The molecule has 2 aliphatic rings. The van der Waals surface area contributed by atoms with Gasteiger partial charge in [-0.05, 0) is 48.2 Å². The standard InChI is InChI=1S/C20H19ClFNO3/c21-16-10-13(11-17-18(16)26-9-8-25-17)12-23-19(24)20(6-1-7-20)14-2-4-15(22)5-3-14/h2-5,10-11H,1,6-9,12H2,(H,23,24). The molecule has 1 heterocycles. The molecule has 0 unspecified atom stereocenters. The van der Waals surface area contributed by atoms with E-state index in [-0.39, 0.29) is 11.7 Å². The summed E-state index contributed by atoms with van der Waals surface area (Å²) in [6.07, 6.45) is 2.53. The van der Waals surface area contributed by atoms with E-state index in [1.165, 1.54) is 12.1 Å². The smallest absolute Gasteiger partial charge is 0.230 e. The molecule has 6 heteroatoms. The second-order valence-corrected chi connectivity index (χ2v) is 7.13. The largest absolute Gasteiger partial charge is 0.486 e. The van der Waals surface area contributed by atoms with Crippen molar-refractivity contribution in [2.45, 2.75) is 31.2 Å². The fourth-order valence-corrected chi connectivity index (χ4v) is 3.85. The van der Waals surface area contributed by atoms with Crippen LogP contribution in [-0.2, 0) is 16.8 Å². The van der Waals surface area contributed by atoms with Gasteiger partial charge in [-0.25, -0.2) is 4.39 Å². The Kier molecular flexibility index (Phi) is 4.49. The number of hydrogen-bond donors (Lipinski definition) is 1. The van der Waals surface area contributed by atoms with Crippen LogP contribution in [-0.4, -0.2) is 19.1 Å². The van der Waals surface area contributed by atoms with E-state index < -0.39 is 5.41 Å². The Hall–Kier alpha value is -2.27. The molecule has 1 fully saturated rings. The summed E-state index contributed by atoms with van der Waals surface area (Å²) in [5.41, 5.74) is 1.15. The van der Waals surface area contributed by atoms with E-state index in [1.807, 2.05) is 6.07 Å². The Morgan fingerprint density at radius 3 is 2.58 bits per heavy atom. The zero-order valence-electron chi connectivity index (χ0n) is 14.2. The van der Waals surface area contributed by atoms with Gasteiger partial charge in [0.15, 0.2) is 11.5 Å². The summed E-state index contributed by atoms with van der Waals surface area (Å²) in [5.74, 6) is 0.815. The number of ether oxygens (including phenoxy) is 2. The number of carbonyl (C=O) groups is 1. The van der Waals surface area contributed by atoms with Gasteiger partial charge >= 0.3 is 0 Å². The van der Waals surface area contributed by atoms with Crippen molar-refractivity contribution in [1.82, 2.24) is 5.32 Å². The van der Waals surface area contributed by atoms with Crippen molar-refractivity contribution in [2.75, 3.05) is 13.2 Å². The van der Waals surface area contributed by atoms with Crippen LogP contribution in [0.5, 0.6) is 11.5 Å². The zero-order chi connectivity index (χ0) is 18.1. The Morgan fingerprint density at radius 1 is 1.15 bits per heavy atom. The van der Waals surface area contributed by atoms with Gasteiger partial charge in [0.25, 0.3) is 0 Å². The zero-order valence-corrected chi connectivity index (χ0v) is 14.9. The first kappa shape index (κ1) is 17.2. The van der Waals surface area contributed by atoms with E-state index in [1.54, 1.807) is 18.2 Å². The highest BCUT2D eigenvalue weighted by Crippen LogP contribution is 2.44. The fourth-order valence-electron chi connectivity index (χ4n) is 3.56. The summed E-state index contributed by atoms with van der Waals surface area (Å²) >= 11 is 6.25. The molecule has 2 aromatic rings. The molecular weight excluding hydrogens is 357 g/mol. The molecule has 0 atom stereocenters. The first-order valence-electron chi connectivity index (χ1n) is 8.71. The van der Waals surface area contributed by atoms with Crippen molar-refractivity contribution in [1.29, 1.82) is 0 Å². The highest BCUT2D eigenvalue weighted by Gasteiger charge is 2.45. The fraction of sp³-hybridized carbons (Fsp3) is 0.350. The molecule has 1 aliphatic carbocycles. The van der Waals surface area contributed by atoms with Crippen LogP contribution in [0.1, 0.15) is 30.4 Å². The summed E-state index contributed by atoms with van der Waals surface area (Å²) in [4.78, 5) is 12.9. The van der Waals surface area contributed by atoms with Gasteiger partial charge in [-0.15, -0.1) is 0 Å². The van der Waals surface area contributed by atoms with Crippen molar-refractivity contribution in [3.63, 3.8) is 0 Å². The van der Waals surface area contributed by atoms with Crippen molar-refractivity contribution >= 4 is 17.5 Å². The number of fused-ring (bicyclic) bond motifs is 1. The quantitative estimate of drug-likeness (QED) is 0.879. The molecule has 1 aliphatic heterocycles. The lowest BCUT2D eigenvalue weighted by atomic mass is 9.64. The Bertz CT molecular complexity index is 834. The SMILES string of the molecule is O=C(NCc1cc(Cl)c2c(c1)OCCO2)C1(c2ccc(F)cc2)CCC1. The molecule has 1 saturated carbocycles. The number of halogens is 2. The normalized spacial score (nSPS) is 17.3. The van der Waals surface area contributed by atoms with Crippen LogP contribution in [0.15, 0.2) is 36.4 Å². The van der Waals surface area contributed by atoms with Crippen molar-refractivity contribution in [3.05, 3.63) is 58.4 Å². The molecule has 1 amide bonds. The number of rotatable bonds is 4. The molecule has 4 nitrogen and oxygen atoms in total. The maximum Gasteiger partial charge on any atom is 0.230 e. The van der Waals surface area contributed by atoms with Crippen LogP contribution >= 0.6 is 11.6 Å². The van der Waals surface area contributed by atoms with Gasteiger partial charge in [-0.3, -0.25) is 4.79 Å². The minimum absolute atomic E-state index is 0.0404. The van der Waals surface area contributed by atoms with Crippen LogP contribution in [0.2, 0.25) is 5.02 Å². The van der Waals surface area contributed by atoms with Crippen molar-refractivity contribution in [2.24, 2.45) is 0 Å². The Balaban J connectivity index is 1.50. The lowest BCUT2D eigenvalue weighted by molar-refractivity contribution is -0.130. The van der Waals surface area contributed by atoms with Crippen LogP contribution < -0.4 is 14.8 Å². The van der Waals surface area contributed by atoms with Crippen LogP contribution in [0.4, 0.5) is 4.39 Å². The third kappa shape index (κ3) is 3.01. The molecule has 4 rings (SSSR count). The summed E-state index contributed by atoms with van der Waals surface area (Å²) in [6.45, 7) is 1.30.